The van der Waals surface area contributed by atoms with Gasteiger partial charge in [0.2, 0.25) is 0 Å². The lowest BCUT2D eigenvalue weighted by molar-refractivity contribution is -0.0972. The lowest BCUT2D eigenvalue weighted by Crippen LogP contribution is -2.39. The summed E-state index contributed by atoms with van der Waals surface area (Å²) in [7, 11) is 0. The molecule has 0 fully saturated rings. The quantitative estimate of drug-likeness (QED) is 0.215. The van der Waals surface area contributed by atoms with Crippen molar-refractivity contribution >= 4 is 39.0 Å². The van der Waals surface area contributed by atoms with Crippen molar-refractivity contribution in [1.29, 1.82) is 5.26 Å². The second-order valence-electron chi connectivity index (χ2n) is 6.61. The molecule has 11 nitrogen and oxygen atoms in total. The zero-order chi connectivity index (χ0) is 23.3. The van der Waals surface area contributed by atoms with Gasteiger partial charge in [0.05, 0.1) is 29.9 Å². The summed E-state index contributed by atoms with van der Waals surface area (Å²) in [4.78, 5) is 8.58. The molecule has 0 radical (unpaired) electrons. The van der Waals surface area contributed by atoms with Crippen LogP contribution < -0.4 is 0 Å². The van der Waals surface area contributed by atoms with Gasteiger partial charge in [-0.15, -0.1) is 5.10 Å². The normalized spacial score (nSPS) is 15.1. The number of aliphatic hydroxyl groups is 3. The molecular weight excluding hydrogens is 524 g/mol. The molecule has 0 saturated carbocycles. The number of hydrogen-bond acceptors (Lipinski definition) is 12. The highest BCUT2D eigenvalue weighted by Crippen LogP contribution is 2.31. The van der Waals surface area contributed by atoms with Gasteiger partial charge < -0.3 is 25.2 Å². The average molecular weight is 543 g/mol. The van der Waals surface area contributed by atoms with E-state index in [9.17, 15) is 20.4 Å². The van der Waals surface area contributed by atoms with Crippen LogP contribution in [0.3, 0.4) is 0 Å². The molecule has 14 heteroatoms. The summed E-state index contributed by atoms with van der Waals surface area (Å²) >= 11 is 5.45. The Morgan fingerprint density at radius 3 is 2.75 bits per heavy atom. The Morgan fingerprint density at radius 2 is 2.16 bits per heavy atom. The molecule has 32 heavy (non-hydrogen) atoms. The van der Waals surface area contributed by atoms with Crippen LogP contribution in [-0.2, 0) is 11.3 Å². The van der Waals surface area contributed by atoms with Crippen molar-refractivity contribution < 1.29 is 25.2 Å². The first kappa shape index (κ1) is 24.5. The van der Waals surface area contributed by atoms with Gasteiger partial charge in [0, 0.05) is 16.5 Å². The maximum Gasteiger partial charge on any atom is 0.271 e. The van der Waals surface area contributed by atoms with E-state index in [0.717, 1.165) is 23.1 Å². The zero-order valence-corrected chi connectivity index (χ0v) is 19.8. The summed E-state index contributed by atoms with van der Waals surface area (Å²) in [6.07, 6.45) is 0.00550. The van der Waals surface area contributed by atoms with Gasteiger partial charge >= 0.3 is 0 Å². The molecule has 3 heterocycles. The number of rotatable bonds is 10. The summed E-state index contributed by atoms with van der Waals surface area (Å²) in [5.74, 6) is 0. The molecule has 0 aromatic carbocycles. The van der Waals surface area contributed by atoms with Crippen LogP contribution >= 0.6 is 39.0 Å². The lowest BCUT2D eigenvalue weighted by atomic mass is 10.2. The maximum absolute atomic E-state index is 10.9. The molecule has 3 aromatic heterocycles. The molecule has 0 aliphatic rings. The molecule has 2 unspecified atom stereocenters. The SMILES string of the molecule is C[C@@H](O)C(CO)OC(Sc1cnc(C#N)c(Br)c1)[C@@H](O)Cn1cc(-c2csc(O)n2)nn1. The highest BCUT2D eigenvalue weighted by atomic mass is 79.9. The second kappa shape index (κ2) is 11.1. The predicted molar refractivity (Wildman–Crippen MR) is 119 cm³/mol. The van der Waals surface area contributed by atoms with Crippen molar-refractivity contribution in [3.05, 3.63) is 34.0 Å². The number of nitrogens with zero attached hydrogens (tertiary/aromatic N) is 6. The minimum Gasteiger partial charge on any atom is -0.486 e. The zero-order valence-electron chi connectivity index (χ0n) is 16.6. The number of aromatic nitrogens is 5. The molecule has 3 rings (SSSR count). The number of ether oxygens (including phenoxy) is 1. The van der Waals surface area contributed by atoms with Gasteiger partial charge in [0.25, 0.3) is 5.19 Å². The number of thioether (sulfide) groups is 1. The Labute approximate surface area is 199 Å². The van der Waals surface area contributed by atoms with Gasteiger partial charge in [-0.3, -0.25) is 0 Å². The van der Waals surface area contributed by atoms with Crippen LogP contribution in [0.4, 0.5) is 0 Å². The topological polar surface area (TPSA) is 170 Å². The Bertz CT molecular complexity index is 1090. The number of nitriles is 1. The van der Waals surface area contributed by atoms with Crippen molar-refractivity contribution in [3.63, 3.8) is 0 Å². The van der Waals surface area contributed by atoms with Gasteiger partial charge in [-0.25, -0.2) is 14.6 Å². The first-order valence-corrected chi connectivity index (χ1v) is 11.8. The monoisotopic (exact) mass is 542 g/mol. The van der Waals surface area contributed by atoms with E-state index in [2.05, 4.69) is 36.2 Å². The number of halogens is 1. The molecule has 3 aromatic rings. The van der Waals surface area contributed by atoms with Crippen LogP contribution in [0.1, 0.15) is 12.6 Å². The molecule has 0 aliphatic heterocycles. The first-order valence-electron chi connectivity index (χ1n) is 9.20. The second-order valence-corrected chi connectivity index (χ2v) is 9.47. The van der Waals surface area contributed by atoms with Crippen molar-refractivity contribution in [3.8, 4) is 22.7 Å². The van der Waals surface area contributed by atoms with Gasteiger partial charge in [-0.2, -0.15) is 5.26 Å². The molecule has 4 N–H and O–H groups in total. The van der Waals surface area contributed by atoms with Crippen LogP contribution in [0.25, 0.3) is 11.4 Å². The van der Waals surface area contributed by atoms with E-state index in [1.807, 2.05) is 6.07 Å². The Kier molecular flexibility index (Phi) is 8.54. The fraction of sp³-hybridized carbons (Fsp3) is 0.389. The van der Waals surface area contributed by atoms with E-state index in [0.29, 0.717) is 20.8 Å². The van der Waals surface area contributed by atoms with Crippen molar-refractivity contribution in [2.24, 2.45) is 0 Å². The molecule has 0 bridgehead atoms. The van der Waals surface area contributed by atoms with Crippen molar-refractivity contribution in [2.75, 3.05) is 6.61 Å². The molecule has 0 spiro atoms. The number of thiazole rings is 1. The fourth-order valence-electron chi connectivity index (χ4n) is 2.54. The van der Waals surface area contributed by atoms with Gasteiger partial charge in [0.15, 0.2) is 5.69 Å². The Hall–Kier alpha value is -2.12. The summed E-state index contributed by atoms with van der Waals surface area (Å²) in [5.41, 5.74) is 0.182. The van der Waals surface area contributed by atoms with E-state index in [4.69, 9.17) is 10.00 Å². The summed E-state index contributed by atoms with van der Waals surface area (Å²) in [5, 5.41) is 58.2. The van der Waals surface area contributed by atoms with Crippen LogP contribution in [0.5, 0.6) is 5.19 Å². The molecule has 0 saturated heterocycles. The summed E-state index contributed by atoms with van der Waals surface area (Å²) in [6.45, 7) is 1.02. The molecule has 4 atom stereocenters. The average Bonchev–Trinajstić information content (AvgIpc) is 3.39. The van der Waals surface area contributed by atoms with E-state index >= 15 is 0 Å². The largest absolute Gasteiger partial charge is 0.486 e. The molecule has 170 valence electrons. The standard InChI is InChI=1S/C18H19BrN6O5S2/c1-9(27)16(7-26)30-17(32-10-2-11(19)12(3-20)21-4-10)15(28)6-25-5-13(23-24-25)14-8-31-18(29)22-14/h2,4-5,8-9,15-17,26-28H,6-7H2,1H3,(H,22,29)/t9-,15+,16?,17?/m1/s1. The van der Waals surface area contributed by atoms with E-state index in [-0.39, 0.29) is 17.4 Å². The lowest BCUT2D eigenvalue weighted by Gasteiger charge is -2.28. The highest BCUT2D eigenvalue weighted by Gasteiger charge is 2.28. The van der Waals surface area contributed by atoms with Gasteiger partial charge in [-0.05, 0) is 28.9 Å². The minimum atomic E-state index is -1.12. The first-order chi connectivity index (χ1) is 15.3. The van der Waals surface area contributed by atoms with E-state index in [1.165, 1.54) is 17.8 Å². The maximum atomic E-state index is 10.9. The number of pyridine rings is 1. The van der Waals surface area contributed by atoms with Crippen molar-refractivity contribution in [1.82, 2.24) is 25.0 Å². The van der Waals surface area contributed by atoms with Crippen molar-refractivity contribution in [2.45, 2.75) is 42.1 Å². The highest BCUT2D eigenvalue weighted by molar-refractivity contribution is 9.10. The third-order valence-electron chi connectivity index (χ3n) is 4.18. The predicted octanol–water partition coefficient (Wildman–Crippen LogP) is 1.37. The molecule has 0 amide bonds. The minimum absolute atomic E-state index is 0.0103. The number of aliphatic hydroxyl groups excluding tert-OH is 3. The third-order valence-corrected chi connectivity index (χ3v) is 6.58. The third kappa shape index (κ3) is 6.23. The van der Waals surface area contributed by atoms with E-state index < -0.39 is 30.4 Å². The van der Waals surface area contributed by atoms with Gasteiger partial charge in [-0.1, -0.05) is 28.3 Å². The molecule has 0 aliphatic carbocycles. The van der Waals surface area contributed by atoms with Crippen LogP contribution in [0, 0.1) is 11.3 Å². The molecular formula is C18H19BrN6O5S2. The van der Waals surface area contributed by atoms with Crippen LogP contribution in [0.2, 0.25) is 0 Å². The Balaban J connectivity index is 1.78. The Morgan fingerprint density at radius 1 is 1.38 bits per heavy atom. The van der Waals surface area contributed by atoms with Gasteiger partial charge in [0.1, 0.15) is 35.1 Å². The summed E-state index contributed by atoms with van der Waals surface area (Å²) < 4.78 is 7.68. The smallest absolute Gasteiger partial charge is 0.271 e. The summed E-state index contributed by atoms with van der Waals surface area (Å²) in [6, 6.07) is 3.62. The van der Waals surface area contributed by atoms with Crippen LogP contribution in [0.15, 0.2) is 33.2 Å². The van der Waals surface area contributed by atoms with E-state index in [1.54, 1.807) is 17.6 Å². The number of aromatic hydroxyl groups is 1. The fourth-order valence-corrected chi connectivity index (χ4v) is 4.68. The number of hydrogen-bond donors (Lipinski definition) is 4. The van der Waals surface area contributed by atoms with Crippen LogP contribution in [-0.4, -0.2) is 75.7 Å².